The maximum absolute atomic E-state index is 12.6. The van der Waals surface area contributed by atoms with E-state index in [1.807, 2.05) is 4.90 Å². The molecule has 1 saturated heterocycles. The number of esters is 1. The molecule has 0 unspecified atom stereocenters. The lowest BCUT2D eigenvalue weighted by molar-refractivity contribution is -0.135. The average molecular weight is 345 g/mol. The second-order valence-electron chi connectivity index (χ2n) is 8.54. The lowest BCUT2D eigenvalue weighted by Gasteiger charge is -2.39. The van der Waals surface area contributed by atoms with Crippen molar-refractivity contribution in [2.75, 3.05) is 20.3 Å². The van der Waals surface area contributed by atoms with Crippen LogP contribution in [0.1, 0.15) is 50.4 Å². The number of nitrogens with zero attached hydrogens (tertiary/aromatic N) is 1. The summed E-state index contributed by atoms with van der Waals surface area (Å²) in [5.41, 5.74) is 0.857. The van der Waals surface area contributed by atoms with Crippen molar-refractivity contribution in [3.63, 3.8) is 0 Å². The zero-order chi connectivity index (χ0) is 18.2. The zero-order valence-electron chi connectivity index (χ0n) is 15.5. The van der Waals surface area contributed by atoms with Gasteiger partial charge in [0, 0.05) is 12.6 Å². The molecule has 2 aliphatic rings. The molecule has 1 aliphatic heterocycles. The number of carbonyl (C=O) groups is 2. The lowest BCUT2D eigenvalue weighted by Crippen LogP contribution is -2.39. The Hall–Kier alpha value is -2.04. The van der Waals surface area contributed by atoms with E-state index in [2.05, 4.69) is 20.8 Å². The van der Waals surface area contributed by atoms with Crippen LogP contribution >= 0.6 is 0 Å². The van der Waals surface area contributed by atoms with Gasteiger partial charge in [-0.1, -0.05) is 20.8 Å². The summed E-state index contributed by atoms with van der Waals surface area (Å²) >= 11 is 0. The molecule has 0 N–H and O–H groups in total. The molecule has 5 heteroatoms. The second-order valence-corrected chi connectivity index (χ2v) is 8.54. The number of hydrogen-bond donors (Lipinski definition) is 0. The molecule has 0 spiro atoms. The number of ether oxygens (including phenoxy) is 2. The Morgan fingerprint density at radius 2 is 1.84 bits per heavy atom. The topological polar surface area (TPSA) is 55.8 Å². The number of fused-ring (bicyclic) bond motifs is 2. The average Bonchev–Trinajstić information content (AvgIpc) is 2.81. The molecule has 3 rings (SSSR count). The van der Waals surface area contributed by atoms with Crippen molar-refractivity contribution >= 4 is 11.9 Å². The SMILES string of the molecule is COc1ccc(C(=O)OCC(=O)N2C[C@@]3(C)C[C@H]2CC(C)(C)C3)cc1. The van der Waals surface area contributed by atoms with Crippen LogP contribution in [0.15, 0.2) is 24.3 Å². The molecular formula is C20H27NO4. The standard InChI is InChI=1S/C20H27NO4/c1-19(2)9-15-10-20(3,12-19)13-21(15)17(22)11-25-18(23)14-5-7-16(24-4)8-6-14/h5-8,15H,9-13H2,1-4H3/t15-,20+/m1/s1. The minimum absolute atomic E-state index is 0.0895. The second kappa shape index (κ2) is 6.36. The molecule has 1 amide bonds. The van der Waals surface area contributed by atoms with Gasteiger partial charge in [0.1, 0.15) is 5.75 Å². The minimum atomic E-state index is -0.482. The summed E-state index contributed by atoms with van der Waals surface area (Å²) < 4.78 is 10.3. The van der Waals surface area contributed by atoms with Gasteiger partial charge in [0.25, 0.3) is 5.91 Å². The first-order chi connectivity index (χ1) is 11.7. The molecule has 25 heavy (non-hydrogen) atoms. The predicted molar refractivity (Wildman–Crippen MR) is 94.5 cm³/mol. The lowest BCUT2D eigenvalue weighted by atomic mass is 9.65. The summed E-state index contributed by atoms with van der Waals surface area (Å²) in [6, 6.07) is 6.94. The van der Waals surface area contributed by atoms with Crippen molar-refractivity contribution in [2.45, 2.75) is 46.1 Å². The number of hydrogen-bond acceptors (Lipinski definition) is 4. The van der Waals surface area contributed by atoms with Gasteiger partial charge >= 0.3 is 5.97 Å². The van der Waals surface area contributed by atoms with Gasteiger partial charge in [-0.15, -0.1) is 0 Å². The van der Waals surface area contributed by atoms with E-state index in [0.29, 0.717) is 11.3 Å². The van der Waals surface area contributed by atoms with E-state index < -0.39 is 5.97 Å². The molecule has 5 nitrogen and oxygen atoms in total. The third kappa shape index (κ3) is 3.80. The molecule has 1 saturated carbocycles. The molecule has 136 valence electrons. The van der Waals surface area contributed by atoms with E-state index in [0.717, 1.165) is 25.8 Å². The quantitative estimate of drug-likeness (QED) is 0.786. The summed E-state index contributed by atoms with van der Waals surface area (Å²) in [5.74, 6) is 0.103. The van der Waals surface area contributed by atoms with Crippen molar-refractivity contribution in [3.05, 3.63) is 29.8 Å². The predicted octanol–water partition coefficient (Wildman–Crippen LogP) is 3.28. The van der Waals surface area contributed by atoms with Gasteiger partial charge in [-0.25, -0.2) is 4.79 Å². The van der Waals surface area contributed by atoms with Gasteiger partial charge in [-0.2, -0.15) is 0 Å². The highest BCUT2D eigenvalue weighted by Gasteiger charge is 2.50. The molecule has 1 heterocycles. The van der Waals surface area contributed by atoms with Crippen molar-refractivity contribution in [1.82, 2.24) is 4.90 Å². The van der Waals surface area contributed by atoms with Gasteiger partial charge in [0.15, 0.2) is 6.61 Å². The first kappa shape index (κ1) is 17.8. The molecule has 0 aromatic heterocycles. The minimum Gasteiger partial charge on any atom is -0.497 e. The molecule has 2 atom stereocenters. The van der Waals surface area contributed by atoms with Gasteiger partial charge in [-0.3, -0.25) is 4.79 Å². The van der Waals surface area contributed by atoms with Crippen molar-refractivity contribution < 1.29 is 19.1 Å². The Labute approximate surface area is 149 Å². The van der Waals surface area contributed by atoms with E-state index in [-0.39, 0.29) is 29.4 Å². The first-order valence-corrected chi connectivity index (χ1v) is 8.82. The van der Waals surface area contributed by atoms with Crippen LogP contribution in [-0.2, 0) is 9.53 Å². The molecule has 1 aliphatic carbocycles. The summed E-state index contributed by atoms with van der Waals surface area (Å²) in [6.45, 7) is 7.37. The number of benzene rings is 1. The Morgan fingerprint density at radius 1 is 1.16 bits per heavy atom. The summed E-state index contributed by atoms with van der Waals surface area (Å²) in [7, 11) is 1.57. The van der Waals surface area contributed by atoms with Crippen LogP contribution in [0.4, 0.5) is 0 Å². The molecule has 0 radical (unpaired) electrons. The molecule has 1 aromatic carbocycles. The van der Waals surface area contributed by atoms with Crippen molar-refractivity contribution in [3.8, 4) is 5.75 Å². The van der Waals surface area contributed by atoms with E-state index in [1.54, 1.807) is 31.4 Å². The van der Waals surface area contributed by atoms with Crippen LogP contribution in [0.3, 0.4) is 0 Å². The third-order valence-electron chi connectivity index (χ3n) is 5.39. The highest BCUT2D eigenvalue weighted by Crippen LogP contribution is 2.52. The van der Waals surface area contributed by atoms with Crippen LogP contribution in [0, 0.1) is 10.8 Å². The summed E-state index contributed by atoms with van der Waals surface area (Å²) in [6.07, 6.45) is 3.20. The van der Waals surface area contributed by atoms with Gasteiger partial charge in [-0.05, 0) is 54.4 Å². The van der Waals surface area contributed by atoms with E-state index in [9.17, 15) is 9.59 Å². The first-order valence-electron chi connectivity index (χ1n) is 8.82. The molecular weight excluding hydrogens is 318 g/mol. The number of methoxy groups -OCH3 is 1. The van der Waals surface area contributed by atoms with Gasteiger partial charge in [0.05, 0.1) is 12.7 Å². The highest BCUT2D eigenvalue weighted by molar-refractivity contribution is 5.91. The summed E-state index contributed by atoms with van der Waals surface area (Å²) in [4.78, 5) is 26.7. The van der Waals surface area contributed by atoms with Crippen LogP contribution in [0.5, 0.6) is 5.75 Å². The Bertz CT molecular complexity index is 667. The number of rotatable bonds is 4. The Balaban J connectivity index is 1.58. The monoisotopic (exact) mass is 345 g/mol. The van der Waals surface area contributed by atoms with Gasteiger partial charge in [0.2, 0.25) is 0 Å². The fourth-order valence-corrected chi connectivity index (χ4v) is 4.77. The Kier molecular flexibility index (Phi) is 4.52. The maximum Gasteiger partial charge on any atom is 0.338 e. The van der Waals surface area contributed by atoms with Gasteiger partial charge < -0.3 is 14.4 Å². The highest BCUT2D eigenvalue weighted by atomic mass is 16.5. The van der Waals surface area contributed by atoms with Crippen LogP contribution in [-0.4, -0.2) is 43.1 Å². The zero-order valence-corrected chi connectivity index (χ0v) is 15.5. The van der Waals surface area contributed by atoms with E-state index >= 15 is 0 Å². The molecule has 1 aromatic rings. The third-order valence-corrected chi connectivity index (χ3v) is 5.39. The summed E-state index contributed by atoms with van der Waals surface area (Å²) in [5, 5.41) is 0. The van der Waals surface area contributed by atoms with Crippen LogP contribution in [0.25, 0.3) is 0 Å². The van der Waals surface area contributed by atoms with Crippen LogP contribution in [0.2, 0.25) is 0 Å². The smallest absolute Gasteiger partial charge is 0.338 e. The maximum atomic E-state index is 12.6. The Morgan fingerprint density at radius 3 is 2.48 bits per heavy atom. The van der Waals surface area contributed by atoms with Crippen LogP contribution < -0.4 is 4.74 Å². The fourth-order valence-electron chi connectivity index (χ4n) is 4.77. The largest absolute Gasteiger partial charge is 0.497 e. The number of likely N-dealkylation sites (tertiary alicyclic amines) is 1. The number of amides is 1. The van der Waals surface area contributed by atoms with E-state index in [1.165, 1.54) is 0 Å². The van der Waals surface area contributed by atoms with E-state index in [4.69, 9.17) is 9.47 Å². The van der Waals surface area contributed by atoms with Crippen molar-refractivity contribution in [1.29, 1.82) is 0 Å². The van der Waals surface area contributed by atoms with Crippen molar-refractivity contribution in [2.24, 2.45) is 10.8 Å². The molecule has 2 fully saturated rings. The normalized spacial score (nSPS) is 27.0. The number of carbonyl (C=O) groups excluding carboxylic acids is 2. The fraction of sp³-hybridized carbons (Fsp3) is 0.600. The molecule has 2 bridgehead atoms.